The molecular weight excluding hydrogens is 634 g/mol. The summed E-state index contributed by atoms with van der Waals surface area (Å²) in [7, 11) is 0. The van der Waals surface area contributed by atoms with Gasteiger partial charge in [-0.3, -0.25) is 0 Å². The number of rotatable bonds is 40. The Morgan fingerprint density at radius 1 is 0.286 bits per heavy atom. The quantitative estimate of drug-likeness (QED) is 0.0461. The summed E-state index contributed by atoms with van der Waals surface area (Å²) < 4.78 is 19.0. The fourth-order valence-electron chi connectivity index (χ4n) is 8.52. The molecule has 0 aliphatic carbocycles. The van der Waals surface area contributed by atoms with Gasteiger partial charge >= 0.3 is 316 Å². The topological polar surface area (TPSA) is 19.0 Å². The summed E-state index contributed by atoms with van der Waals surface area (Å²) >= 11 is -4.22. The Bertz CT molecular complexity index is 568. The first-order valence-electron chi connectivity index (χ1n) is 23.1. The first-order valence-corrected chi connectivity index (χ1v) is 26.9. The molecule has 0 heterocycles. The molecule has 0 atom stereocenters. The molecule has 0 rings (SSSR count). The van der Waals surface area contributed by atoms with E-state index in [2.05, 4.69) is 65.5 Å². The van der Waals surface area contributed by atoms with Gasteiger partial charge in [-0.15, -0.1) is 0 Å². The first kappa shape index (κ1) is 49.6. The monoisotopic (exact) mass is 731 g/mol. The minimum absolute atomic E-state index is 0.965. The molecule has 5 heteroatoms. The van der Waals surface area contributed by atoms with Crippen molar-refractivity contribution in [1.29, 1.82) is 0 Å². The molecular formula is C44H96N3OTi. The van der Waals surface area contributed by atoms with E-state index < -0.39 is 16.5 Å². The average Bonchev–Trinajstić information content (AvgIpc) is 3.12. The molecule has 0 N–H and O–H groups in total. The third-order valence-electron chi connectivity index (χ3n) is 11.6. The minimum atomic E-state index is -4.22. The number of hydrogen-bond donors (Lipinski definition) is 0. The van der Waals surface area contributed by atoms with Gasteiger partial charge in [0.15, 0.2) is 0 Å². The molecule has 0 aromatic rings. The van der Waals surface area contributed by atoms with Crippen LogP contribution in [0.5, 0.6) is 0 Å². The molecule has 0 bridgehead atoms. The van der Waals surface area contributed by atoms with E-state index >= 15 is 0 Å². The second-order valence-corrected chi connectivity index (χ2v) is 24.0. The fourth-order valence-corrected chi connectivity index (χ4v) is 20.2. The van der Waals surface area contributed by atoms with E-state index in [1.165, 1.54) is 224 Å². The molecule has 0 aromatic carbocycles. The SMILES string of the molecule is CCCCCC[O][Ti]([CH2]C)([N](CCCCCC)CCCCCC)([N](CCCCCC)CCCCCC)[N](CCCCCC)CCCCCC. The van der Waals surface area contributed by atoms with E-state index in [-0.39, 0.29) is 0 Å². The van der Waals surface area contributed by atoms with E-state index in [1.54, 1.807) is 0 Å². The summed E-state index contributed by atoms with van der Waals surface area (Å²) in [6.45, 7) is 27.6. The number of unbranched alkanes of at least 4 members (excludes halogenated alkanes) is 21. The van der Waals surface area contributed by atoms with Crippen LogP contribution in [0.4, 0.5) is 0 Å². The summed E-state index contributed by atoms with van der Waals surface area (Å²) in [5, 5.41) is 0. The Hall–Kier alpha value is 0.554. The Morgan fingerprint density at radius 3 is 0.714 bits per heavy atom. The fraction of sp³-hybridized carbons (Fsp3) is 1.00. The van der Waals surface area contributed by atoms with Gasteiger partial charge in [0.1, 0.15) is 0 Å². The zero-order chi connectivity index (χ0) is 36.3. The standard InChI is InChI=1S/3C12H26N.C6H13O.C2H5.Ti/c3*1-3-5-7-9-11-13-12-10-8-6-4-2;1-2-3-4-5-6-7;1-2;/h3*3-12H2,1-2H3;2-6H2,1H3;1H2,2H3;/q4*-1;;+4. The predicted molar refractivity (Wildman–Crippen MR) is 220 cm³/mol. The molecule has 0 spiro atoms. The summed E-state index contributed by atoms with van der Waals surface area (Å²) in [5.41, 5.74) is 0. The molecule has 0 radical (unpaired) electrons. The Morgan fingerprint density at radius 2 is 0.510 bits per heavy atom. The van der Waals surface area contributed by atoms with Crippen LogP contribution >= 0.6 is 0 Å². The van der Waals surface area contributed by atoms with Crippen molar-refractivity contribution in [1.82, 2.24) is 10.1 Å². The van der Waals surface area contributed by atoms with Gasteiger partial charge < -0.3 is 0 Å². The number of hydrogen-bond acceptors (Lipinski definition) is 4. The van der Waals surface area contributed by atoms with Crippen LogP contribution in [-0.4, -0.2) is 56.0 Å². The summed E-state index contributed by atoms with van der Waals surface area (Å²) in [6.07, 6.45) is 37.5. The van der Waals surface area contributed by atoms with Gasteiger partial charge in [-0.05, 0) is 0 Å². The van der Waals surface area contributed by atoms with E-state index in [0.717, 1.165) is 6.61 Å². The third kappa shape index (κ3) is 19.5. The summed E-state index contributed by atoms with van der Waals surface area (Å²) in [4.78, 5) is 0. The zero-order valence-electron chi connectivity index (χ0n) is 35.7. The van der Waals surface area contributed by atoms with E-state index in [4.69, 9.17) is 3.32 Å². The third-order valence-corrected chi connectivity index (χ3v) is 22.8. The Kier molecular flexibility index (Phi) is 34.7. The maximum absolute atomic E-state index is 8.21. The van der Waals surface area contributed by atoms with Gasteiger partial charge in [0, 0.05) is 0 Å². The normalized spacial score (nSPS) is 13.2. The molecule has 297 valence electrons. The van der Waals surface area contributed by atoms with Crippen molar-refractivity contribution in [2.75, 3.05) is 45.9 Å². The second-order valence-electron chi connectivity index (χ2n) is 15.8. The van der Waals surface area contributed by atoms with E-state index in [0.29, 0.717) is 0 Å². The van der Waals surface area contributed by atoms with Gasteiger partial charge in [-0.2, -0.15) is 0 Å². The van der Waals surface area contributed by atoms with Gasteiger partial charge in [-0.1, -0.05) is 0 Å². The van der Waals surface area contributed by atoms with Crippen molar-refractivity contribution < 1.29 is 19.8 Å². The Labute approximate surface area is 314 Å². The molecule has 0 amide bonds. The maximum atomic E-state index is 8.21. The van der Waals surface area contributed by atoms with Crippen LogP contribution in [0, 0.1) is 0 Å². The zero-order valence-corrected chi connectivity index (χ0v) is 37.3. The second kappa shape index (κ2) is 34.3. The van der Waals surface area contributed by atoms with Crippen molar-refractivity contribution in [3.8, 4) is 0 Å². The number of nitrogens with zero attached hydrogens (tertiary/aromatic N) is 3. The molecule has 0 aliphatic rings. The average molecular weight is 731 g/mol. The van der Waals surface area contributed by atoms with Crippen molar-refractivity contribution in [2.24, 2.45) is 0 Å². The summed E-state index contributed by atoms with van der Waals surface area (Å²) in [6, 6.07) is 0. The molecule has 0 saturated carbocycles. The van der Waals surface area contributed by atoms with Crippen molar-refractivity contribution in [2.45, 2.75) is 240 Å². The van der Waals surface area contributed by atoms with Crippen LogP contribution in [0.15, 0.2) is 0 Å². The van der Waals surface area contributed by atoms with Crippen LogP contribution in [0.1, 0.15) is 235 Å². The molecule has 0 unspecified atom stereocenters. The van der Waals surface area contributed by atoms with E-state index in [1.807, 2.05) is 0 Å². The van der Waals surface area contributed by atoms with Gasteiger partial charge in [0.05, 0.1) is 0 Å². The first-order chi connectivity index (χ1) is 24.0. The summed E-state index contributed by atoms with van der Waals surface area (Å²) in [5.74, 6) is 0. The molecule has 0 aliphatic heterocycles. The van der Waals surface area contributed by atoms with Crippen LogP contribution in [0.25, 0.3) is 0 Å². The van der Waals surface area contributed by atoms with E-state index in [9.17, 15) is 0 Å². The van der Waals surface area contributed by atoms with Crippen molar-refractivity contribution >= 4 is 0 Å². The van der Waals surface area contributed by atoms with Crippen molar-refractivity contribution in [3.63, 3.8) is 0 Å². The van der Waals surface area contributed by atoms with Crippen LogP contribution in [0.3, 0.4) is 0 Å². The predicted octanol–water partition coefficient (Wildman–Crippen LogP) is 14.8. The molecule has 0 aromatic heterocycles. The van der Waals surface area contributed by atoms with Crippen LogP contribution in [-0.2, 0) is 19.8 Å². The molecule has 4 nitrogen and oxygen atoms in total. The Balaban J connectivity index is 7.53. The molecule has 49 heavy (non-hydrogen) atoms. The van der Waals surface area contributed by atoms with Gasteiger partial charge in [0.25, 0.3) is 0 Å². The molecule has 0 fully saturated rings. The van der Waals surface area contributed by atoms with Crippen molar-refractivity contribution in [3.05, 3.63) is 0 Å². The van der Waals surface area contributed by atoms with Crippen LogP contribution in [0.2, 0.25) is 4.73 Å². The van der Waals surface area contributed by atoms with Gasteiger partial charge in [-0.25, -0.2) is 0 Å². The van der Waals surface area contributed by atoms with Gasteiger partial charge in [0.2, 0.25) is 0 Å². The molecule has 0 saturated heterocycles. The van der Waals surface area contributed by atoms with Crippen LogP contribution < -0.4 is 0 Å².